The average molecular weight is 426 g/mol. The Kier molecular flexibility index (Phi) is 6.19. The van der Waals surface area contributed by atoms with Crippen LogP contribution in [0.3, 0.4) is 0 Å². The number of sulfone groups is 1. The first-order valence-electron chi connectivity index (χ1n) is 8.84. The average Bonchev–Trinajstić information content (AvgIpc) is 3.18. The van der Waals surface area contributed by atoms with E-state index in [4.69, 9.17) is 9.47 Å². The predicted octanol–water partition coefficient (Wildman–Crippen LogP) is 1.91. The highest BCUT2D eigenvalue weighted by molar-refractivity contribution is 7.92. The first-order valence-corrected chi connectivity index (χ1v) is 11.5. The third kappa shape index (κ3) is 4.44. The highest BCUT2D eigenvalue weighted by Gasteiger charge is 2.31. The smallest absolute Gasteiger partial charge is 0.227 e. The maximum absolute atomic E-state index is 12.9. The van der Waals surface area contributed by atoms with Crippen LogP contribution < -0.4 is 9.47 Å². The molecule has 0 unspecified atom stereocenters. The monoisotopic (exact) mass is 425 g/mol. The number of amides is 1. The van der Waals surface area contributed by atoms with Crippen molar-refractivity contribution in [1.29, 1.82) is 0 Å². The number of likely N-dealkylation sites (tertiary alicyclic amines) is 1. The molecule has 3 rings (SSSR count). The number of carbonyl (C=O) groups excluding carboxylic acids is 1. The SMILES string of the molecule is COc1ccc(OC)c(CC(=O)N2CCC[C@H](c3nnsc3S(C)(=O)=O)C2)c1. The molecular formula is C18H23N3O5S2. The zero-order valence-corrected chi connectivity index (χ0v) is 17.7. The van der Waals surface area contributed by atoms with Crippen LogP contribution in [0.2, 0.25) is 0 Å². The van der Waals surface area contributed by atoms with Crippen molar-refractivity contribution in [3.05, 3.63) is 29.5 Å². The van der Waals surface area contributed by atoms with Gasteiger partial charge in [0.2, 0.25) is 5.91 Å². The van der Waals surface area contributed by atoms with Gasteiger partial charge in [0.25, 0.3) is 0 Å². The Hall–Kier alpha value is -2.20. The lowest BCUT2D eigenvalue weighted by Gasteiger charge is -2.32. The van der Waals surface area contributed by atoms with E-state index in [2.05, 4.69) is 9.59 Å². The Morgan fingerprint density at radius 3 is 2.79 bits per heavy atom. The van der Waals surface area contributed by atoms with E-state index in [1.807, 2.05) is 0 Å². The number of piperidine rings is 1. The van der Waals surface area contributed by atoms with Gasteiger partial charge in [0.15, 0.2) is 14.0 Å². The van der Waals surface area contributed by atoms with Crippen molar-refractivity contribution < 1.29 is 22.7 Å². The normalized spacial score (nSPS) is 17.4. The molecule has 0 spiro atoms. The van der Waals surface area contributed by atoms with Crippen molar-refractivity contribution in [1.82, 2.24) is 14.5 Å². The minimum absolute atomic E-state index is 0.0413. The minimum atomic E-state index is -3.38. The molecule has 2 aromatic rings. The van der Waals surface area contributed by atoms with Crippen molar-refractivity contribution in [2.75, 3.05) is 33.6 Å². The van der Waals surface area contributed by atoms with Gasteiger partial charge in [-0.15, -0.1) is 5.10 Å². The Balaban J connectivity index is 1.76. The number of rotatable bonds is 6. The van der Waals surface area contributed by atoms with E-state index in [0.717, 1.165) is 36.2 Å². The van der Waals surface area contributed by atoms with Crippen LogP contribution in [0.25, 0.3) is 0 Å². The number of nitrogens with zero attached hydrogens (tertiary/aromatic N) is 3. The Morgan fingerprint density at radius 1 is 1.32 bits per heavy atom. The number of hydrogen-bond donors (Lipinski definition) is 0. The quantitative estimate of drug-likeness (QED) is 0.697. The van der Waals surface area contributed by atoms with Crippen molar-refractivity contribution in [2.45, 2.75) is 29.4 Å². The van der Waals surface area contributed by atoms with Crippen LogP contribution in [0, 0.1) is 0 Å². The van der Waals surface area contributed by atoms with Crippen molar-refractivity contribution in [3.63, 3.8) is 0 Å². The van der Waals surface area contributed by atoms with Crippen LogP contribution in [0.5, 0.6) is 11.5 Å². The summed E-state index contributed by atoms with van der Waals surface area (Å²) in [5.74, 6) is 1.12. The van der Waals surface area contributed by atoms with E-state index in [1.54, 1.807) is 37.3 Å². The molecule has 1 aliphatic rings. The summed E-state index contributed by atoms with van der Waals surface area (Å²) in [7, 11) is -0.245. The molecule has 1 aromatic carbocycles. The van der Waals surface area contributed by atoms with Crippen molar-refractivity contribution in [3.8, 4) is 11.5 Å². The lowest BCUT2D eigenvalue weighted by molar-refractivity contribution is -0.131. The molecule has 0 saturated carbocycles. The molecule has 0 aliphatic carbocycles. The van der Waals surface area contributed by atoms with E-state index in [1.165, 1.54) is 0 Å². The van der Waals surface area contributed by atoms with E-state index >= 15 is 0 Å². The summed E-state index contributed by atoms with van der Waals surface area (Å²) in [6, 6.07) is 5.36. The summed E-state index contributed by atoms with van der Waals surface area (Å²) in [5.41, 5.74) is 1.23. The molecule has 0 N–H and O–H groups in total. The number of benzene rings is 1. The number of ether oxygens (including phenoxy) is 2. The molecule has 0 bridgehead atoms. The molecule has 10 heteroatoms. The summed E-state index contributed by atoms with van der Waals surface area (Å²) in [5, 5.41) is 4.05. The Labute approximate surface area is 168 Å². The molecule has 152 valence electrons. The van der Waals surface area contributed by atoms with E-state index in [-0.39, 0.29) is 22.5 Å². The molecule has 0 radical (unpaired) electrons. The largest absolute Gasteiger partial charge is 0.497 e. The molecular weight excluding hydrogens is 402 g/mol. The van der Waals surface area contributed by atoms with Crippen LogP contribution >= 0.6 is 11.5 Å². The number of methoxy groups -OCH3 is 2. The maximum atomic E-state index is 12.9. The Bertz CT molecular complexity index is 958. The van der Waals surface area contributed by atoms with Gasteiger partial charge in [-0.1, -0.05) is 4.49 Å². The van der Waals surface area contributed by atoms with Crippen LogP contribution in [0.1, 0.15) is 30.0 Å². The lowest BCUT2D eigenvalue weighted by atomic mass is 9.95. The summed E-state index contributed by atoms with van der Waals surface area (Å²) >= 11 is 0.888. The predicted molar refractivity (Wildman–Crippen MR) is 105 cm³/mol. The van der Waals surface area contributed by atoms with Crippen LogP contribution in [0.15, 0.2) is 22.4 Å². The van der Waals surface area contributed by atoms with Gasteiger partial charge in [-0.2, -0.15) is 0 Å². The first kappa shape index (κ1) is 20.5. The number of hydrogen-bond acceptors (Lipinski definition) is 8. The molecule has 28 heavy (non-hydrogen) atoms. The lowest BCUT2D eigenvalue weighted by Crippen LogP contribution is -2.40. The van der Waals surface area contributed by atoms with Crippen LogP contribution in [0.4, 0.5) is 0 Å². The van der Waals surface area contributed by atoms with Gasteiger partial charge in [0.1, 0.15) is 11.5 Å². The second-order valence-electron chi connectivity index (χ2n) is 6.75. The third-order valence-corrected chi connectivity index (χ3v) is 7.36. The zero-order chi connectivity index (χ0) is 20.3. The topological polar surface area (TPSA) is 98.7 Å². The maximum Gasteiger partial charge on any atom is 0.227 e. The van der Waals surface area contributed by atoms with Crippen LogP contribution in [-0.4, -0.2) is 62.4 Å². The molecule has 1 fully saturated rings. The zero-order valence-electron chi connectivity index (χ0n) is 16.0. The molecule has 1 amide bonds. The summed E-state index contributed by atoms with van der Waals surface area (Å²) in [6.07, 6.45) is 2.90. The molecule has 1 atom stereocenters. The van der Waals surface area contributed by atoms with Gasteiger partial charge in [0.05, 0.1) is 26.3 Å². The van der Waals surface area contributed by atoms with Gasteiger partial charge in [-0.3, -0.25) is 4.79 Å². The number of aromatic nitrogens is 2. The minimum Gasteiger partial charge on any atom is -0.497 e. The van der Waals surface area contributed by atoms with E-state index in [0.29, 0.717) is 30.3 Å². The van der Waals surface area contributed by atoms with E-state index < -0.39 is 9.84 Å². The van der Waals surface area contributed by atoms with Gasteiger partial charge in [0, 0.05) is 42.4 Å². The highest BCUT2D eigenvalue weighted by atomic mass is 32.2. The summed E-state index contributed by atoms with van der Waals surface area (Å²) in [4.78, 5) is 14.7. The highest BCUT2D eigenvalue weighted by Crippen LogP contribution is 2.32. The Morgan fingerprint density at radius 2 is 2.11 bits per heavy atom. The molecule has 2 heterocycles. The molecule has 1 aromatic heterocycles. The van der Waals surface area contributed by atoms with Gasteiger partial charge < -0.3 is 14.4 Å². The second-order valence-corrected chi connectivity index (χ2v) is 9.72. The summed E-state index contributed by atoms with van der Waals surface area (Å²) in [6.45, 7) is 1.06. The standard InChI is InChI=1S/C18H23N3O5S2/c1-25-14-6-7-15(26-2)13(9-14)10-16(22)21-8-4-5-12(11-21)17-18(27-20-19-17)28(3,23)24/h6-7,9,12H,4-5,8,10-11H2,1-3H3/t12-/m0/s1. The van der Waals surface area contributed by atoms with Crippen molar-refractivity contribution in [2.24, 2.45) is 0 Å². The molecule has 8 nitrogen and oxygen atoms in total. The fourth-order valence-corrected chi connectivity index (χ4v) is 5.15. The second kappa shape index (κ2) is 8.44. The third-order valence-electron chi connectivity index (χ3n) is 4.81. The molecule has 1 saturated heterocycles. The fourth-order valence-electron chi connectivity index (χ4n) is 3.42. The fraction of sp³-hybridized carbons (Fsp3) is 0.500. The number of carbonyl (C=O) groups is 1. The van der Waals surface area contributed by atoms with Gasteiger partial charge in [-0.05, 0) is 31.0 Å². The van der Waals surface area contributed by atoms with E-state index in [9.17, 15) is 13.2 Å². The molecule has 1 aliphatic heterocycles. The van der Waals surface area contributed by atoms with Crippen LogP contribution in [-0.2, 0) is 21.1 Å². The van der Waals surface area contributed by atoms with Crippen molar-refractivity contribution >= 4 is 27.3 Å². The summed E-state index contributed by atoms with van der Waals surface area (Å²) < 4.78 is 38.6. The van der Waals surface area contributed by atoms with Gasteiger partial charge in [-0.25, -0.2) is 8.42 Å². The van der Waals surface area contributed by atoms with Gasteiger partial charge >= 0.3 is 0 Å². The first-order chi connectivity index (χ1) is 13.3.